The molecule has 0 unspecified atom stereocenters. The number of halogens is 1. The van der Waals surface area contributed by atoms with Crippen molar-refractivity contribution in [3.63, 3.8) is 0 Å². The van der Waals surface area contributed by atoms with Gasteiger partial charge < -0.3 is 5.11 Å². The average Bonchev–Trinajstić information content (AvgIpc) is 2.44. The summed E-state index contributed by atoms with van der Waals surface area (Å²) in [5, 5.41) is 9.83. The molecule has 0 fully saturated rings. The van der Waals surface area contributed by atoms with E-state index in [2.05, 4.69) is 0 Å². The van der Waals surface area contributed by atoms with Crippen molar-refractivity contribution in [2.75, 3.05) is 0 Å². The number of aromatic hydroxyl groups is 1. The van der Waals surface area contributed by atoms with Gasteiger partial charge in [-0.25, -0.2) is 4.39 Å². The summed E-state index contributed by atoms with van der Waals surface area (Å²) in [6, 6.07) is 12.2. The molecule has 0 saturated heterocycles. The highest BCUT2D eigenvalue weighted by Crippen LogP contribution is 2.31. The molecule has 0 radical (unpaired) electrons. The molecule has 2 aromatic carbocycles. The smallest absolute Gasteiger partial charge is 0.127 e. The fourth-order valence-electron chi connectivity index (χ4n) is 1.72. The van der Waals surface area contributed by atoms with Crippen LogP contribution in [0.1, 0.15) is 26.3 Å². The summed E-state index contributed by atoms with van der Waals surface area (Å²) in [6.07, 6.45) is 0.578. The fourth-order valence-corrected chi connectivity index (χ4v) is 1.72. The molecule has 0 saturated carbocycles. The summed E-state index contributed by atoms with van der Waals surface area (Å²) < 4.78 is 13.6. The van der Waals surface area contributed by atoms with Crippen LogP contribution in [0.15, 0.2) is 42.5 Å². The molecule has 0 aliphatic heterocycles. The Morgan fingerprint density at radius 3 is 2.22 bits per heavy atom. The Kier molecular flexibility index (Phi) is 5.37. The van der Waals surface area contributed by atoms with E-state index in [9.17, 15) is 9.50 Å². The Morgan fingerprint density at radius 2 is 1.67 bits per heavy atom. The van der Waals surface area contributed by atoms with Gasteiger partial charge in [0.15, 0.2) is 0 Å². The highest BCUT2D eigenvalue weighted by molar-refractivity contribution is 5.70. The van der Waals surface area contributed by atoms with Crippen LogP contribution < -0.4 is 0 Å². The molecular weight excluding hydrogens is 227 g/mol. The van der Waals surface area contributed by atoms with Gasteiger partial charge in [-0.05, 0) is 29.7 Å². The standard InChI is InChI=1S/C14H13FO.C2H6/c1-2-10-8-14(16)12(9-13(10)15)11-6-4-3-5-7-11;1-2/h3-9,16H,2H2,1H3;1-2H3. The molecule has 2 rings (SSSR count). The molecule has 1 N–H and O–H groups in total. The van der Waals surface area contributed by atoms with E-state index in [0.717, 1.165) is 5.56 Å². The first-order chi connectivity index (χ1) is 8.72. The minimum atomic E-state index is -0.265. The molecule has 0 aliphatic rings. The van der Waals surface area contributed by atoms with Crippen LogP contribution in [0.2, 0.25) is 0 Å². The number of hydrogen-bond donors (Lipinski definition) is 1. The lowest BCUT2D eigenvalue weighted by atomic mass is 10.0. The van der Waals surface area contributed by atoms with Crippen LogP contribution in [-0.4, -0.2) is 5.11 Å². The van der Waals surface area contributed by atoms with E-state index in [1.165, 1.54) is 12.1 Å². The highest BCUT2D eigenvalue weighted by atomic mass is 19.1. The van der Waals surface area contributed by atoms with Gasteiger partial charge in [0.05, 0.1) is 0 Å². The van der Waals surface area contributed by atoms with Crippen LogP contribution in [0.5, 0.6) is 5.75 Å². The number of hydrogen-bond acceptors (Lipinski definition) is 1. The normalized spacial score (nSPS) is 9.56. The maximum absolute atomic E-state index is 13.6. The third-order valence-electron chi connectivity index (χ3n) is 2.63. The van der Waals surface area contributed by atoms with Gasteiger partial charge in [0.1, 0.15) is 11.6 Å². The van der Waals surface area contributed by atoms with Gasteiger partial charge in [-0.15, -0.1) is 0 Å². The Hall–Kier alpha value is -1.83. The summed E-state index contributed by atoms with van der Waals surface area (Å²) in [6.45, 7) is 5.86. The maximum Gasteiger partial charge on any atom is 0.127 e. The number of phenolic OH excluding ortho intramolecular Hbond substituents is 1. The number of rotatable bonds is 2. The summed E-state index contributed by atoms with van der Waals surface area (Å²) in [4.78, 5) is 0. The van der Waals surface area contributed by atoms with E-state index in [1.54, 1.807) is 0 Å². The van der Waals surface area contributed by atoms with Crippen LogP contribution >= 0.6 is 0 Å². The second-order valence-corrected chi connectivity index (χ2v) is 3.68. The van der Waals surface area contributed by atoms with E-state index in [-0.39, 0.29) is 11.6 Å². The minimum absolute atomic E-state index is 0.129. The van der Waals surface area contributed by atoms with Gasteiger partial charge in [-0.1, -0.05) is 51.1 Å². The predicted octanol–water partition coefficient (Wildman–Crippen LogP) is 4.79. The molecule has 0 amide bonds. The van der Waals surface area contributed by atoms with E-state index in [4.69, 9.17) is 0 Å². The Balaban J connectivity index is 0.000000771. The monoisotopic (exact) mass is 246 g/mol. The van der Waals surface area contributed by atoms with E-state index >= 15 is 0 Å². The van der Waals surface area contributed by atoms with Crippen molar-refractivity contribution < 1.29 is 9.50 Å². The van der Waals surface area contributed by atoms with Crippen molar-refractivity contribution in [1.82, 2.24) is 0 Å². The molecule has 0 aromatic heterocycles. The lowest BCUT2D eigenvalue weighted by molar-refractivity contribution is 0.473. The SMILES string of the molecule is CC.CCc1cc(O)c(-c2ccccc2)cc1F. The molecule has 2 heteroatoms. The van der Waals surface area contributed by atoms with Gasteiger partial charge in [-0.3, -0.25) is 0 Å². The van der Waals surface area contributed by atoms with Gasteiger partial charge >= 0.3 is 0 Å². The van der Waals surface area contributed by atoms with Crippen molar-refractivity contribution in [3.8, 4) is 16.9 Å². The van der Waals surface area contributed by atoms with Gasteiger partial charge in [-0.2, -0.15) is 0 Å². The summed E-state index contributed by atoms with van der Waals surface area (Å²) in [5.74, 6) is -0.136. The van der Waals surface area contributed by atoms with Crippen LogP contribution in [0.3, 0.4) is 0 Å². The Bertz CT molecular complexity index is 492. The van der Waals surface area contributed by atoms with E-state index in [1.807, 2.05) is 51.1 Å². The molecule has 0 heterocycles. The van der Waals surface area contributed by atoms with Crippen LogP contribution in [0, 0.1) is 5.82 Å². The number of benzene rings is 2. The molecule has 0 bridgehead atoms. The second kappa shape index (κ2) is 6.80. The van der Waals surface area contributed by atoms with Gasteiger partial charge in [0, 0.05) is 5.56 Å². The lowest BCUT2D eigenvalue weighted by Gasteiger charge is -2.07. The quantitative estimate of drug-likeness (QED) is 0.808. The second-order valence-electron chi connectivity index (χ2n) is 3.68. The molecule has 96 valence electrons. The summed E-state index contributed by atoms with van der Waals surface area (Å²) in [7, 11) is 0. The first kappa shape index (κ1) is 14.2. The molecule has 0 spiro atoms. The zero-order valence-electron chi connectivity index (χ0n) is 11.1. The van der Waals surface area contributed by atoms with Crippen LogP contribution in [0.25, 0.3) is 11.1 Å². The molecular formula is C16H19FO. The van der Waals surface area contributed by atoms with Crippen molar-refractivity contribution in [2.24, 2.45) is 0 Å². The zero-order valence-corrected chi connectivity index (χ0v) is 11.1. The van der Waals surface area contributed by atoms with Crippen molar-refractivity contribution in [1.29, 1.82) is 0 Å². The van der Waals surface area contributed by atoms with Crippen molar-refractivity contribution in [2.45, 2.75) is 27.2 Å². The largest absolute Gasteiger partial charge is 0.507 e. The Morgan fingerprint density at radius 1 is 1.06 bits per heavy atom. The average molecular weight is 246 g/mol. The summed E-state index contributed by atoms with van der Waals surface area (Å²) in [5.41, 5.74) is 1.90. The van der Waals surface area contributed by atoms with E-state index < -0.39 is 0 Å². The first-order valence-electron chi connectivity index (χ1n) is 6.29. The fraction of sp³-hybridized carbons (Fsp3) is 0.250. The number of aryl methyl sites for hydroxylation is 1. The van der Waals surface area contributed by atoms with Crippen LogP contribution in [0.4, 0.5) is 4.39 Å². The lowest BCUT2D eigenvalue weighted by Crippen LogP contribution is -1.89. The molecule has 0 aliphatic carbocycles. The Labute approximate surface area is 108 Å². The van der Waals surface area contributed by atoms with Gasteiger partial charge in [0.25, 0.3) is 0 Å². The van der Waals surface area contributed by atoms with Crippen molar-refractivity contribution in [3.05, 3.63) is 53.8 Å². The summed E-state index contributed by atoms with van der Waals surface area (Å²) >= 11 is 0. The molecule has 1 nitrogen and oxygen atoms in total. The number of phenols is 1. The maximum atomic E-state index is 13.6. The highest BCUT2D eigenvalue weighted by Gasteiger charge is 2.09. The van der Waals surface area contributed by atoms with E-state index in [0.29, 0.717) is 17.5 Å². The predicted molar refractivity (Wildman–Crippen MR) is 74.2 cm³/mol. The molecule has 18 heavy (non-hydrogen) atoms. The topological polar surface area (TPSA) is 20.2 Å². The minimum Gasteiger partial charge on any atom is -0.507 e. The van der Waals surface area contributed by atoms with Crippen molar-refractivity contribution >= 4 is 0 Å². The molecule has 0 atom stereocenters. The first-order valence-corrected chi connectivity index (χ1v) is 6.29. The zero-order chi connectivity index (χ0) is 13.5. The third kappa shape index (κ3) is 3.10. The van der Waals surface area contributed by atoms with Crippen LogP contribution in [-0.2, 0) is 6.42 Å². The molecule has 2 aromatic rings. The van der Waals surface area contributed by atoms with Gasteiger partial charge in [0.2, 0.25) is 0 Å². The third-order valence-corrected chi connectivity index (χ3v) is 2.63.